The van der Waals surface area contributed by atoms with Crippen LogP contribution in [0.3, 0.4) is 0 Å². The summed E-state index contributed by atoms with van der Waals surface area (Å²) in [6.45, 7) is 4.43. The second kappa shape index (κ2) is 6.03. The molecule has 21 heavy (non-hydrogen) atoms. The Kier molecular flexibility index (Phi) is 4.12. The lowest BCUT2D eigenvalue weighted by molar-refractivity contribution is 0.0243. The van der Waals surface area contributed by atoms with Gasteiger partial charge in [-0.3, -0.25) is 9.39 Å². The van der Waals surface area contributed by atoms with Gasteiger partial charge < -0.3 is 15.4 Å². The average molecular weight is 307 g/mol. The van der Waals surface area contributed by atoms with Crippen molar-refractivity contribution in [3.05, 3.63) is 23.5 Å². The SMILES string of the molecule is CN=C(NCc1cn2ccsc2n1)NCC1(C)CCCO1. The molecule has 3 heterocycles. The highest BCUT2D eigenvalue weighted by Crippen LogP contribution is 2.23. The maximum absolute atomic E-state index is 5.77. The number of aromatic nitrogens is 2. The van der Waals surface area contributed by atoms with E-state index in [-0.39, 0.29) is 5.60 Å². The molecule has 1 unspecified atom stereocenters. The Morgan fingerprint density at radius 1 is 1.57 bits per heavy atom. The van der Waals surface area contributed by atoms with Gasteiger partial charge in [0, 0.05) is 38.0 Å². The maximum Gasteiger partial charge on any atom is 0.193 e. The van der Waals surface area contributed by atoms with Crippen molar-refractivity contribution in [3.8, 4) is 0 Å². The van der Waals surface area contributed by atoms with Gasteiger partial charge in [-0.25, -0.2) is 4.98 Å². The van der Waals surface area contributed by atoms with Crippen LogP contribution in [0.4, 0.5) is 0 Å². The number of fused-ring (bicyclic) bond motifs is 1. The largest absolute Gasteiger partial charge is 0.373 e. The minimum atomic E-state index is -0.0748. The van der Waals surface area contributed by atoms with Crippen molar-refractivity contribution >= 4 is 22.3 Å². The fourth-order valence-electron chi connectivity index (χ4n) is 2.50. The molecule has 6 nitrogen and oxygen atoms in total. The van der Waals surface area contributed by atoms with Crippen LogP contribution in [-0.2, 0) is 11.3 Å². The molecule has 0 bridgehead atoms. The Morgan fingerprint density at radius 3 is 3.19 bits per heavy atom. The van der Waals surface area contributed by atoms with Crippen LogP contribution in [0.5, 0.6) is 0 Å². The van der Waals surface area contributed by atoms with E-state index in [0.717, 1.165) is 42.6 Å². The lowest BCUT2D eigenvalue weighted by Crippen LogP contribution is -2.45. The predicted molar refractivity (Wildman–Crippen MR) is 84.9 cm³/mol. The van der Waals surface area contributed by atoms with E-state index < -0.39 is 0 Å². The molecule has 1 atom stereocenters. The molecule has 0 aliphatic carbocycles. The van der Waals surface area contributed by atoms with Crippen molar-refractivity contribution in [3.63, 3.8) is 0 Å². The fourth-order valence-corrected chi connectivity index (χ4v) is 3.22. The highest BCUT2D eigenvalue weighted by Gasteiger charge is 2.29. The number of ether oxygens (including phenoxy) is 1. The number of guanidine groups is 1. The maximum atomic E-state index is 5.77. The molecule has 1 aliphatic rings. The van der Waals surface area contributed by atoms with E-state index >= 15 is 0 Å². The molecule has 114 valence electrons. The van der Waals surface area contributed by atoms with Gasteiger partial charge in [-0.2, -0.15) is 0 Å². The number of hydrogen-bond donors (Lipinski definition) is 2. The molecular formula is C14H21N5OS. The number of thiazole rings is 1. The molecule has 1 saturated heterocycles. The molecule has 2 aromatic heterocycles. The zero-order chi connectivity index (χ0) is 14.7. The van der Waals surface area contributed by atoms with Gasteiger partial charge >= 0.3 is 0 Å². The molecule has 1 fully saturated rings. The summed E-state index contributed by atoms with van der Waals surface area (Å²) < 4.78 is 7.80. The summed E-state index contributed by atoms with van der Waals surface area (Å²) in [6.07, 6.45) is 6.28. The quantitative estimate of drug-likeness (QED) is 0.666. The van der Waals surface area contributed by atoms with E-state index in [9.17, 15) is 0 Å². The van der Waals surface area contributed by atoms with E-state index in [1.807, 2.05) is 22.2 Å². The number of nitrogens with one attached hydrogen (secondary N) is 2. The van der Waals surface area contributed by atoms with Crippen molar-refractivity contribution in [2.24, 2.45) is 4.99 Å². The molecule has 2 aromatic rings. The van der Waals surface area contributed by atoms with Gasteiger partial charge in [0.05, 0.1) is 17.8 Å². The van der Waals surface area contributed by atoms with Gasteiger partial charge in [0.25, 0.3) is 0 Å². The normalized spacial score (nSPS) is 22.9. The van der Waals surface area contributed by atoms with Crippen molar-refractivity contribution in [1.82, 2.24) is 20.0 Å². The van der Waals surface area contributed by atoms with E-state index in [0.29, 0.717) is 6.54 Å². The summed E-state index contributed by atoms with van der Waals surface area (Å²) in [7, 11) is 1.78. The van der Waals surface area contributed by atoms with Crippen LogP contribution in [0.25, 0.3) is 4.96 Å². The van der Waals surface area contributed by atoms with Crippen LogP contribution < -0.4 is 10.6 Å². The van der Waals surface area contributed by atoms with Crippen LogP contribution in [0.1, 0.15) is 25.5 Å². The van der Waals surface area contributed by atoms with Gasteiger partial charge in [0.1, 0.15) is 0 Å². The Balaban J connectivity index is 1.51. The highest BCUT2D eigenvalue weighted by atomic mass is 32.1. The summed E-state index contributed by atoms with van der Waals surface area (Å²) >= 11 is 1.64. The zero-order valence-electron chi connectivity index (χ0n) is 12.4. The number of nitrogens with zero attached hydrogens (tertiary/aromatic N) is 3. The number of hydrogen-bond acceptors (Lipinski definition) is 4. The molecule has 0 aromatic carbocycles. The number of aliphatic imine (C=N–C) groups is 1. The van der Waals surface area contributed by atoms with E-state index in [1.54, 1.807) is 18.4 Å². The van der Waals surface area contributed by atoms with Crippen molar-refractivity contribution in [1.29, 1.82) is 0 Å². The Bertz CT molecular complexity index is 598. The number of rotatable bonds is 4. The second-order valence-corrected chi connectivity index (χ2v) is 6.38. The summed E-state index contributed by atoms with van der Waals surface area (Å²) in [4.78, 5) is 9.80. The van der Waals surface area contributed by atoms with Gasteiger partial charge in [0.15, 0.2) is 10.9 Å². The summed E-state index contributed by atoms with van der Waals surface area (Å²) in [5, 5.41) is 8.65. The van der Waals surface area contributed by atoms with Crippen LogP contribution in [0.2, 0.25) is 0 Å². The van der Waals surface area contributed by atoms with Gasteiger partial charge in [-0.15, -0.1) is 11.3 Å². The van der Waals surface area contributed by atoms with E-state index in [4.69, 9.17) is 4.74 Å². The molecular weight excluding hydrogens is 286 g/mol. The number of imidazole rings is 1. The minimum absolute atomic E-state index is 0.0748. The molecule has 1 aliphatic heterocycles. The predicted octanol–water partition coefficient (Wildman–Crippen LogP) is 1.63. The topological polar surface area (TPSA) is 63.0 Å². The molecule has 3 rings (SSSR count). The first-order chi connectivity index (χ1) is 10.2. The first kappa shape index (κ1) is 14.3. The first-order valence-corrected chi connectivity index (χ1v) is 8.06. The smallest absolute Gasteiger partial charge is 0.193 e. The molecule has 0 saturated carbocycles. The third-order valence-corrected chi connectivity index (χ3v) is 4.50. The molecule has 0 spiro atoms. The average Bonchev–Trinajstić information content (AvgIpc) is 3.15. The van der Waals surface area contributed by atoms with Crippen LogP contribution in [0, 0.1) is 0 Å². The van der Waals surface area contributed by atoms with Gasteiger partial charge in [-0.05, 0) is 19.8 Å². The first-order valence-electron chi connectivity index (χ1n) is 7.18. The Labute approximate surface area is 128 Å². The third kappa shape index (κ3) is 3.36. The lowest BCUT2D eigenvalue weighted by Gasteiger charge is -2.24. The van der Waals surface area contributed by atoms with Crippen LogP contribution >= 0.6 is 11.3 Å². The van der Waals surface area contributed by atoms with Crippen molar-refractivity contribution in [2.45, 2.75) is 31.9 Å². The second-order valence-electron chi connectivity index (χ2n) is 5.51. The molecule has 0 radical (unpaired) electrons. The summed E-state index contributed by atoms with van der Waals surface area (Å²) in [5.74, 6) is 0.781. The Hall–Kier alpha value is -1.60. The van der Waals surface area contributed by atoms with Gasteiger partial charge in [-0.1, -0.05) is 0 Å². The van der Waals surface area contributed by atoms with Crippen LogP contribution in [-0.4, -0.2) is 41.1 Å². The minimum Gasteiger partial charge on any atom is -0.373 e. The van der Waals surface area contributed by atoms with Gasteiger partial charge in [0.2, 0.25) is 0 Å². The molecule has 2 N–H and O–H groups in total. The highest BCUT2D eigenvalue weighted by molar-refractivity contribution is 7.15. The van der Waals surface area contributed by atoms with E-state index in [1.165, 1.54) is 0 Å². The monoisotopic (exact) mass is 307 g/mol. The standard InChI is InChI=1S/C14H21N5OS/c1-14(4-3-6-20-14)10-17-12(15-2)16-8-11-9-19-5-7-21-13(19)18-11/h5,7,9H,3-4,6,8,10H2,1-2H3,(H2,15,16,17). The Morgan fingerprint density at radius 2 is 2.48 bits per heavy atom. The lowest BCUT2D eigenvalue weighted by atomic mass is 10.0. The van der Waals surface area contributed by atoms with Crippen LogP contribution in [0.15, 0.2) is 22.8 Å². The summed E-state index contributed by atoms with van der Waals surface area (Å²) in [5.41, 5.74) is 0.933. The third-order valence-electron chi connectivity index (χ3n) is 3.73. The fraction of sp³-hybridized carbons (Fsp3) is 0.571. The molecule has 7 heteroatoms. The zero-order valence-corrected chi connectivity index (χ0v) is 13.2. The molecule has 0 amide bonds. The van der Waals surface area contributed by atoms with E-state index in [2.05, 4.69) is 27.5 Å². The summed E-state index contributed by atoms with van der Waals surface area (Å²) in [6, 6.07) is 0. The van der Waals surface area contributed by atoms with Crippen molar-refractivity contribution in [2.75, 3.05) is 20.2 Å². The van der Waals surface area contributed by atoms with Crippen molar-refractivity contribution < 1.29 is 4.74 Å².